The molecule has 37 heavy (non-hydrogen) atoms. The van der Waals surface area contributed by atoms with E-state index in [9.17, 15) is 29.1 Å². The summed E-state index contributed by atoms with van der Waals surface area (Å²) in [5, 5.41) is 14.8. The van der Waals surface area contributed by atoms with E-state index in [2.05, 4.69) is 33.2 Å². The molecule has 13 heteroatoms. The lowest BCUT2D eigenvalue weighted by Gasteiger charge is -2.28. The Morgan fingerprint density at radius 1 is 1.19 bits per heavy atom. The summed E-state index contributed by atoms with van der Waals surface area (Å²) in [7, 11) is 0. The molecule has 210 valence electrons. The standard InChI is InChI=1S/C24H40N6O6S.H2/c1-24(2,30-23(36)18(25)11-17-12-27-14-29-17)20(33)10-15(19(32)9-16(13-31)22(26)35)5-3-4-7-28-21(34)6-8-37;/h12,14-16,18,31,37H,3-11,13,25H2,1-2H3,(H2,26,35)(H,27,29)(H,28,34)(H,30,36);1H/t15-,16+,18+;/m1./s1. The van der Waals surface area contributed by atoms with Crippen LogP contribution in [0.5, 0.6) is 0 Å². The minimum Gasteiger partial charge on any atom is -0.396 e. The fourth-order valence-electron chi connectivity index (χ4n) is 3.65. The summed E-state index contributed by atoms with van der Waals surface area (Å²) in [6, 6.07) is -0.913. The predicted octanol–water partition coefficient (Wildman–Crippen LogP) is -0.345. The third kappa shape index (κ3) is 11.9. The van der Waals surface area contributed by atoms with Gasteiger partial charge in [0.25, 0.3) is 0 Å². The number of imidazole rings is 1. The number of carbonyl (C=O) groups excluding carboxylic acids is 5. The molecule has 0 bridgehead atoms. The number of unbranched alkanes of at least 4 members (excludes halogenated alkanes) is 1. The Balaban J connectivity index is 0.0000137. The first-order valence-electron chi connectivity index (χ1n) is 12.3. The molecular weight excluding hydrogens is 500 g/mol. The quantitative estimate of drug-likeness (QED) is 0.0905. The molecule has 0 radical (unpaired) electrons. The summed E-state index contributed by atoms with van der Waals surface area (Å²) in [5.74, 6) is -3.54. The van der Waals surface area contributed by atoms with E-state index >= 15 is 0 Å². The van der Waals surface area contributed by atoms with Crippen LogP contribution in [-0.4, -0.2) is 74.8 Å². The first kappa shape index (κ1) is 32.3. The molecule has 8 N–H and O–H groups in total. The molecule has 1 heterocycles. The molecule has 1 aromatic rings. The molecule has 0 saturated carbocycles. The van der Waals surface area contributed by atoms with Crippen molar-refractivity contribution in [2.24, 2.45) is 23.3 Å². The van der Waals surface area contributed by atoms with Crippen molar-refractivity contribution >= 4 is 41.9 Å². The summed E-state index contributed by atoms with van der Waals surface area (Å²) in [4.78, 5) is 68.6. The monoisotopic (exact) mass is 542 g/mol. The number of nitrogens with one attached hydrogen (secondary N) is 3. The Labute approximate surface area is 224 Å². The zero-order valence-electron chi connectivity index (χ0n) is 21.5. The third-order valence-corrected chi connectivity index (χ3v) is 6.29. The number of aromatic nitrogens is 2. The minimum atomic E-state index is -1.30. The number of hydrogen-bond acceptors (Lipinski definition) is 9. The molecule has 1 aromatic heterocycles. The summed E-state index contributed by atoms with van der Waals surface area (Å²) < 4.78 is 0. The van der Waals surface area contributed by atoms with Crippen LogP contribution in [0, 0.1) is 11.8 Å². The van der Waals surface area contributed by atoms with Gasteiger partial charge in [0.15, 0.2) is 5.78 Å². The van der Waals surface area contributed by atoms with Crippen LogP contribution in [0.3, 0.4) is 0 Å². The van der Waals surface area contributed by atoms with Crippen LogP contribution in [0.1, 0.15) is 59.5 Å². The Morgan fingerprint density at radius 2 is 1.89 bits per heavy atom. The van der Waals surface area contributed by atoms with Crippen LogP contribution in [0.2, 0.25) is 0 Å². The average molecular weight is 543 g/mol. The number of hydrogen-bond donors (Lipinski definition) is 7. The van der Waals surface area contributed by atoms with Gasteiger partial charge in [-0.25, -0.2) is 4.98 Å². The van der Waals surface area contributed by atoms with E-state index in [1.54, 1.807) is 6.20 Å². The molecule has 0 aliphatic carbocycles. The zero-order chi connectivity index (χ0) is 28.0. The maximum absolute atomic E-state index is 13.2. The number of primary amides is 1. The minimum absolute atomic E-state index is 0. The number of nitrogens with zero attached hydrogens (tertiary/aromatic N) is 1. The van der Waals surface area contributed by atoms with Crippen molar-refractivity contribution in [3.05, 3.63) is 18.2 Å². The number of H-pyrrole nitrogens is 1. The van der Waals surface area contributed by atoms with Gasteiger partial charge >= 0.3 is 0 Å². The Hall–Kier alpha value is -2.77. The van der Waals surface area contributed by atoms with Gasteiger partial charge in [0.2, 0.25) is 17.7 Å². The molecular formula is C24H42N6O6S. The lowest BCUT2D eigenvalue weighted by atomic mass is 9.83. The second kappa shape index (κ2) is 16.2. The van der Waals surface area contributed by atoms with Crippen LogP contribution in [0.4, 0.5) is 0 Å². The molecule has 0 saturated heterocycles. The van der Waals surface area contributed by atoms with E-state index in [0.29, 0.717) is 43.7 Å². The smallest absolute Gasteiger partial charge is 0.238 e. The van der Waals surface area contributed by atoms with E-state index in [0.717, 1.165) is 0 Å². The van der Waals surface area contributed by atoms with Crippen molar-refractivity contribution in [1.29, 1.82) is 0 Å². The van der Waals surface area contributed by atoms with Crippen molar-refractivity contribution in [1.82, 2.24) is 20.6 Å². The molecule has 0 spiro atoms. The number of aliphatic hydroxyl groups excluding tert-OH is 1. The molecule has 3 atom stereocenters. The van der Waals surface area contributed by atoms with Crippen LogP contribution < -0.4 is 22.1 Å². The zero-order valence-corrected chi connectivity index (χ0v) is 22.4. The van der Waals surface area contributed by atoms with Gasteiger partial charge in [0.1, 0.15) is 5.78 Å². The molecule has 0 aliphatic heterocycles. The van der Waals surface area contributed by atoms with Crippen LogP contribution in [0.25, 0.3) is 0 Å². The van der Waals surface area contributed by atoms with Crippen LogP contribution in [0.15, 0.2) is 12.5 Å². The van der Waals surface area contributed by atoms with Gasteiger partial charge < -0.3 is 32.2 Å². The van der Waals surface area contributed by atoms with E-state index in [4.69, 9.17) is 11.5 Å². The number of amides is 3. The van der Waals surface area contributed by atoms with Gasteiger partial charge in [-0.3, -0.25) is 24.0 Å². The van der Waals surface area contributed by atoms with Crippen molar-refractivity contribution in [3.8, 4) is 0 Å². The van der Waals surface area contributed by atoms with E-state index in [-0.39, 0.29) is 38.2 Å². The van der Waals surface area contributed by atoms with Crippen LogP contribution >= 0.6 is 12.6 Å². The summed E-state index contributed by atoms with van der Waals surface area (Å²) >= 11 is 4.01. The van der Waals surface area contributed by atoms with Crippen molar-refractivity contribution in [2.45, 2.75) is 70.4 Å². The first-order chi connectivity index (χ1) is 17.4. The summed E-state index contributed by atoms with van der Waals surface area (Å²) in [6.07, 6.45) is 4.52. The molecule has 0 aromatic carbocycles. The van der Waals surface area contributed by atoms with Crippen molar-refractivity contribution < 1.29 is 30.5 Å². The number of aliphatic hydroxyl groups is 1. The molecule has 1 rings (SSSR count). The first-order valence-corrected chi connectivity index (χ1v) is 12.9. The molecule has 0 fully saturated rings. The van der Waals surface area contributed by atoms with E-state index in [1.807, 2.05) is 0 Å². The Kier molecular flexibility index (Phi) is 14.1. The maximum Gasteiger partial charge on any atom is 0.238 e. The highest BCUT2D eigenvalue weighted by molar-refractivity contribution is 7.80. The maximum atomic E-state index is 13.2. The van der Waals surface area contributed by atoms with Crippen molar-refractivity contribution in [2.75, 3.05) is 18.9 Å². The second-order valence-corrected chi connectivity index (χ2v) is 10.0. The van der Waals surface area contributed by atoms with Gasteiger partial charge in [-0.15, -0.1) is 0 Å². The Morgan fingerprint density at radius 3 is 2.46 bits per heavy atom. The number of aromatic amines is 1. The lowest BCUT2D eigenvalue weighted by molar-refractivity contribution is -0.135. The van der Waals surface area contributed by atoms with Gasteiger partial charge in [-0.2, -0.15) is 12.6 Å². The van der Waals surface area contributed by atoms with Crippen LogP contribution in [-0.2, 0) is 30.4 Å². The van der Waals surface area contributed by atoms with Gasteiger partial charge in [0.05, 0.1) is 30.4 Å². The molecule has 12 nitrogen and oxygen atoms in total. The SMILES string of the molecule is CC(C)(NC(=O)[C@@H](N)Cc1cnc[nH]1)C(=O)C[C@@H](CCCCNC(=O)CCS)C(=O)C[C@@H](CO)C(N)=O.[HH]. The highest BCUT2D eigenvalue weighted by Gasteiger charge is 2.35. The van der Waals surface area contributed by atoms with Crippen molar-refractivity contribution in [3.63, 3.8) is 0 Å². The number of ketones is 2. The fourth-order valence-corrected chi connectivity index (χ4v) is 3.85. The van der Waals surface area contributed by atoms with E-state index < -0.39 is 41.8 Å². The predicted molar refractivity (Wildman–Crippen MR) is 142 cm³/mol. The number of Topliss-reactive ketones (excluding diaryl/α,β-unsaturated/α-hetero) is 2. The highest BCUT2D eigenvalue weighted by atomic mass is 32.1. The van der Waals surface area contributed by atoms with Gasteiger partial charge in [0, 0.05) is 51.5 Å². The number of thiol groups is 1. The molecule has 0 aliphatic rings. The highest BCUT2D eigenvalue weighted by Crippen LogP contribution is 2.22. The fraction of sp³-hybridized carbons (Fsp3) is 0.667. The van der Waals surface area contributed by atoms with Gasteiger partial charge in [-0.05, 0) is 32.4 Å². The average Bonchev–Trinajstić information content (AvgIpc) is 3.33. The van der Waals surface area contributed by atoms with Gasteiger partial charge in [-0.1, -0.05) is 6.42 Å². The molecule has 3 amide bonds. The Bertz CT molecular complexity index is 914. The molecule has 0 unspecified atom stereocenters. The largest absolute Gasteiger partial charge is 0.396 e. The summed E-state index contributed by atoms with van der Waals surface area (Å²) in [5.41, 5.74) is 10.6. The number of nitrogens with two attached hydrogens (primary N) is 2. The topological polar surface area (TPSA) is 210 Å². The summed E-state index contributed by atoms with van der Waals surface area (Å²) in [6.45, 7) is 2.91. The second-order valence-electron chi connectivity index (χ2n) is 9.60. The lowest BCUT2D eigenvalue weighted by Crippen LogP contribution is -2.55. The normalized spacial score (nSPS) is 13.9. The third-order valence-electron chi connectivity index (χ3n) is 6.06. The number of rotatable bonds is 19. The number of carbonyl (C=O) groups is 5. The van der Waals surface area contributed by atoms with E-state index in [1.165, 1.54) is 20.2 Å².